The van der Waals surface area contributed by atoms with Crippen LogP contribution in [0.1, 0.15) is 29.9 Å². The number of nitrogens with zero attached hydrogens (tertiary/aromatic N) is 1. The highest BCUT2D eigenvalue weighted by Gasteiger charge is 2.19. The van der Waals surface area contributed by atoms with Gasteiger partial charge in [-0.05, 0) is 20.3 Å². The number of methoxy groups -OCH3 is 1. The van der Waals surface area contributed by atoms with E-state index in [0.29, 0.717) is 0 Å². The van der Waals surface area contributed by atoms with Crippen molar-refractivity contribution in [3.05, 3.63) is 16.3 Å². The average molecular weight is 320 g/mol. The second-order valence-electron chi connectivity index (χ2n) is 3.99. The third kappa shape index (κ3) is 4.00. The molecule has 5 heteroatoms. The molecule has 0 aromatic carbocycles. The molecule has 17 heavy (non-hydrogen) atoms. The summed E-state index contributed by atoms with van der Waals surface area (Å²) in [5, 5.41) is 2.77. The van der Waals surface area contributed by atoms with Crippen molar-refractivity contribution in [3.8, 4) is 5.75 Å². The molecular formula is C12H18BrNO2S. The van der Waals surface area contributed by atoms with Crippen LogP contribution in [0.4, 0.5) is 0 Å². The Morgan fingerprint density at radius 2 is 2.29 bits per heavy atom. The minimum Gasteiger partial charge on any atom is -0.496 e. The molecule has 0 spiro atoms. The van der Waals surface area contributed by atoms with Crippen LogP contribution in [0.2, 0.25) is 0 Å². The van der Waals surface area contributed by atoms with Crippen molar-refractivity contribution in [2.24, 2.45) is 0 Å². The highest BCUT2D eigenvalue weighted by Crippen LogP contribution is 2.23. The lowest BCUT2D eigenvalue weighted by Crippen LogP contribution is -2.37. The molecule has 0 aliphatic carbocycles. The number of amides is 1. The average Bonchev–Trinajstić information content (AvgIpc) is 2.77. The summed E-state index contributed by atoms with van der Waals surface area (Å²) >= 11 is 4.83. The molecule has 1 rings (SSSR count). The van der Waals surface area contributed by atoms with Gasteiger partial charge in [-0.25, -0.2) is 0 Å². The zero-order valence-electron chi connectivity index (χ0n) is 10.4. The number of carbonyl (C=O) groups excluding carboxylic acids is 1. The number of halogens is 1. The largest absolute Gasteiger partial charge is 0.496 e. The maximum absolute atomic E-state index is 12.3. The molecule has 0 radical (unpaired) electrons. The quantitative estimate of drug-likeness (QED) is 0.752. The zero-order valence-corrected chi connectivity index (χ0v) is 12.8. The fraction of sp³-hybridized carbons (Fsp3) is 0.583. The number of hydrogen-bond donors (Lipinski definition) is 0. The highest BCUT2D eigenvalue weighted by molar-refractivity contribution is 9.09. The van der Waals surface area contributed by atoms with Gasteiger partial charge in [-0.1, -0.05) is 15.9 Å². The van der Waals surface area contributed by atoms with E-state index in [2.05, 4.69) is 15.9 Å². The van der Waals surface area contributed by atoms with E-state index in [-0.39, 0.29) is 11.9 Å². The summed E-state index contributed by atoms with van der Waals surface area (Å²) in [5.74, 6) is 0.844. The van der Waals surface area contributed by atoms with E-state index in [4.69, 9.17) is 4.74 Å². The summed E-state index contributed by atoms with van der Waals surface area (Å²) in [4.78, 5) is 14.9. The van der Waals surface area contributed by atoms with Crippen LogP contribution >= 0.6 is 27.3 Å². The number of alkyl halides is 1. The van der Waals surface area contributed by atoms with E-state index in [1.165, 1.54) is 11.3 Å². The SMILES string of the molecule is COc1csc(C(=O)N(CCCBr)C(C)C)c1. The molecule has 1 heterocycles. The predicted octanol–water partition coefficient (Wildman–Crippen LogP) is 3.39. The first kappa shape index (κ1) is 14.5. The Balaban J connectivity index is 2.76. The Labute approximate surface area is 115 Å². The lowest BCUT2D eigenvalue weighted by molar-refractivity contribution is 0.0711. The molecule has 3 nitrogen and oxygen atoms in total. The molecule has 0 bridgehead atoms. The number of thiophene rings is 1. The van der Waals surface area contributed by atoms with E-state index in [0.717, 1.165) is 28.9 Å². The minimum atomic E-state index is 0.0919. The van der Waals surface area contributed by atoms with Crippen molar-refractivity contribution < 1.29 is 9.53 Å². The van der Waals surface area contributed by atoms with Gasteiger partial charge in [0.25, 0.3) is 5.91 Å². The van der Waals surface area contributed by atoms with Crippen molar-refractivity contribution >= 4 is 33.2 Å². The molecule has 0 aliphatic rings. The Hall–Kier alpha value is -0.550. The summed E-state index contributed by atoms with van der Waals surface area (Å²) in [7, 11) is 1.61. The smallest absolute Gasteiger partial charge is 0.264 e. The van der Waals surface area contributed by atoms with Gasteiger partial charge in [-0.15, -0.1) is 11.3 Å². The molecule has 1 amide bonds. The van der Waals surface area contributed by atoms with E-state index in [1.807, 2.05) is 24.1 Å². The van der Waals surface area contributed by atoms with E-state index < -0.39 is 0 Å². The first-order valence-corrected chi connectivity index (χ1v) is 7.59. The van der Waals surface area contributed by atoms with Crippen LogP contribution in [-0.2, 0) is 0 Å². The first-order chi connectivity index (χ1) is 8.10. The van der Waals surface area contributed by atoms with Gasteiger partial charge in [0, 0.05) is 29.4 Å². The maximum Gasteiger partial charge on any atom is 0.264 e. The summed E-state index contributed by atoms with van der Waals surface area (Å²) in [6.45, 7) is 4.86. The van der Waals surface area contributed by atoms with Crippen molar-refractivity contribution in [1.82, 2.24) is 4.90 Å². The van der Waals surface area contributed by atoms with Crippen molar-refractivity contribution in [2.75, 3.05) is 19.0 Å². The third-order valence-electron chi connectivity index (χ3n) is 2.44. The van der Waals surface area contributed by atoms with Gasteiger partial charge in [0.2, 0.25) is 0 Å². The molecule has 0 saturated heterocycles. The van der Waals surface area contributed by atoms with Gasteiger partial charge >= 0.3 is 0 Å². The molecule has 0 atom stereocenters. The summed E-state index contributed by atoms with van der Waals surface area (Å²) in [6, 6.07) is 2.02. The summed E-state index contributed by atoms with van der Waals surface area (Å²) in [6.07, 6.45) is 0.965. The Morgan fingerprint density at radius 3 is 2.76 bits per heavy atom. The van der Waals surface area contributed by atoms with E-state index >= 15 is 0 Å². The Kier molecular flexibility index (Phi) is 5.98. The molecule has 0 unspecified atom stereocenters. The fourth-order valence-electron chi connectivity index (χ4n) is 1.50. The monoisotopic (exact) mass is 319 g/mol. The molecule has 0 saturated carbocycles. The molecule has 1 aromatic rings. The second-order valence-corrected chi connectivity index (χ2v) is 5.69. The van der Waals surface area contributed by atoms with Gasteiger partial charge < -0.3 is 9.64 Å². The van der Waals surface area contributed by atoms with Gasteiger partial charge in [0.15, 0.2) is 0 Å². The van der Waals surface area contributed by atoms with Crippen LogP contribution in [0.25, 0.3) is 0 Å². The fourth-order valence-corrected chi connectivity index (χ4v) is 2.56. The van der Waals surface area contributed by atoms with Gasteiger partial charge in [-0.2, -0.15) is 0 Å². The molecule has 0 N–H and O–H groups in total. The maximum atomic E-state index is 12.3. The summed E-state index contributed by atoms with van der Waals surface area (Å²) in [5.41, 5.74) is 0. The number of rotatable bonds is 6. The van der Waals surface area contributed by atoms with Crippen LogP contribution in [-0.4, -0.2) is 35.8 Å². The number of carbonyl (C=O) groups is 1. The summed E-state index contributed by atoms with van der Waals surface area (Å²) < 4.78 is 5.10. The lowest BCUT2D eigenvalue weighted by atomic mass is 10.2. The zero-order chi connectivity index (χ0) is 12.8. The molecule has 0 fully saturated rings. The van der Waals surface area contributed by atoms with Crippen molar-refractivity contribution in [1.29, 1.82) is 0 Å². The van der Waals surface area contributed by atoms with Crippen LogP contribution < -0.4 is 4.74 Å². The number of ether oxygens (including phenoxy) is 1. The molecular weight excluding hydrogens is 302 g/mol. The topological polar surface area (TPSA) is 29.5 Å². The number of hydrogen-bond acceptors (Lipinski definition) is 3. The molecule has 0 aliphatic heterocycles. The van der Waals surface area contributed by atoms with Gasteiger partial charge in [0.05, 0.1) is 12.0 Å². The molecule has 96 valence electrons. The van der Waals surface area contributed by atoms with Crippen LogP contribution in [0.5, 0.6) is 5.75 Å². The van der Waals surface area contributed by atoms with Gasteiger partial charge in [0.1, 0.15) is 5.75 Å². The van der Waals surface area contributed by atoms with Gasteiger partial charge in [-0.3, -0.25) is 4.79 Å². The van der Waals surface area contributed by atoms with Crippen LogP contribution in [0.3, 0.4) is 0 Å². The van der Waals surface area contributed by atoms with Crippen LogP contribution in [0.15, 0.2) is 11.4 Å². The Bertz CT molecular complexity index is 365. The third-order valence-corrected chi connectivity index (χ3v) is 3.90. The Morgan fingerprint density at radius 1 is 1.59 bits per heavy atom. The predicted molar refractivity (Wildman–Crippen MR) is 75.5 cm³/mol. The standard InChI is InChI=1S/C12H18BrNO2S/c1-9(2)14(6-4-5-13)12(15)11-7-10(16-3)8-17-11/h7-9H,4-6H2,1-3H3. The van der Waals surface area contributed by atoms with E-state index in [9.17, 15) is 4.79 Å². The first-order valence-electron chi connectivity index (χ1n) is 5.59. The minimum absolute atomic E-state index is 0.0919. The normalized spacial score (nSPS) is 10.6. The van der Waals surface area contributed by atoms with E-state index in [1.54, 1.807) is 13.2 Å². The molecule has 1 aromatic heterocycles. The van der Waals surface area contributed by atoms with Crippen molar-refractivity contribution in [3.63, 3.8) is 0 Å². The van der Waals surface area contributed by atoms with Crippen LogP contribution in [0, 0.1) is 0 Å². The van der Waals surface area contributed by atoms with Crippen molar-refractivity contribution in [2.45, 2.75) is 26.3 Å². The second kappa shape index (κ2) is 7.01. The highest BCUT2D eigenvalue weighted by atomic mass is 79.9. The lowest BCUT2D eigenvalue weighted by Gasteiger charge is -2.25.